The highest BCUT2D eigenvalue weighted by Crippen LogP contribution is 2.28. The van der Waals surface area contributed by atoms with Crippen molar-refractivity contribution in [3.05, 3.63) is 53.9 Å². The van der Waals surface area contributed by atoms with Crippen LogP contribution in [-0.4, -0.2) is 47.7 Å². The molecule has 0 fully saturated rings. The summed E-state index contributed by atoms with van der Waals surface area (Å²) >= 11 is 0. The summed E-state index contributed by atoms with van der Waals surface area (Å²) < 4.78 is 12.9. The topological polar surface area (TPSA) is 94.5 Å². The van der Waals surface area contributed by atoms with E-state index < -0.39 is 0 Å². The molecule has 8 heteroatoms. The first-order valence-corrected chi connectivity index (χ1v) is 10.2. The number of rotatable bonds is 9. The largest absolute Gasteiger partial charge is 0.493 e. The minimum absolute atomic E-state index is 0.0353. The molecule has 2 amide bonds. The summed E-state index contributed by atoms with van der Waals surface area (Å²) in [5.74, 6) is 1.26. The van der Waals surface area contributed by atoms with Gasteiger partial charge in [0.05, 0.1) is 18.1 Å². The van der Waals surface area contributed by atoms with Crippen LogP contribution in [0.5, 0.6) is 11.5 Å². The van der Waals surface area contributed by atoms with E-state index in [1.165, 1.54) is 7.11 Å². The monoisotopic (exact) mass is 424 g/mol. The molecule has 0 saturated carbocycles. The van der Waals surface area contributed by atoms with Gasteiger partial charge in [-0.2, -0.15) is 0 Å². The molecule has 164 valence electrons. The summed E-state index contributed by atoms with van der Waals surface area (Å²) in [6.07, 6.45) is 0. The van der Waals surface area contributed by atoms with Gasteiger partial charge in [-0.05, 0) is 51.1 Å². The number of fused-ring (bicyclic) bond motifs is 1. The van der Waals surface area contributed by atoms with Crippen molar-refractivity contribution in [2.24, 2.45) is 0 Å². The third kappa shape index (κ3) is 5.53. The highest BCUT2D eigenvalue weighted by atomic mass is 16.5. The molecule has 2 aromatic carbocycles. The number of carbonyl (C=O) groups excluding carboxylic acids is 2. The van der Waals surface area contributed by atoms with Crippen molar-refractivity contribution in [2.45, 2.75) is 33.4 Å². The first-order valence-electron chi connectivity index (χ1n) is 10.2. The molecule has 2 N–H and O–H groups in total. The third-order valence-corrected chi connectivity index (χ3v) is 4.70. The van der Waals surface area contributed by atoms with E-state index in [1.54, 1.807) is 18.2 Å². The Kier molecular flexibility index (Phi) is 7.12. The molecule has 0 bridgehead atoms. The van der Waals surface area contributed by atoms with Gasteiger partial charge in [-0.25, -0.2) is 4.98 Å². The lowest BCUT2D eigenvalue weighted by atomic mass is 10.2. The Hall–Kier alpha value is -3.55. The lowest BCUT2D eigenvalue weighted by Gasteiger charge is -2.13. The Bertz CT molecular complexity index is 1070. The maximum atomic E-state index is 12.6. The summed E-state index contributed by atoms with van der Waals surface area (Å²) in [7, 11) is 1.49. The number of hydrogen-bond donors (Lipinski definition) is 2. The summed E-state index contributed by atoms with van der Waals surface area (Å²) in [6, 6.07) is 12.8. The molecule has 0 aliphatic rings. The molecular weight excluding hydrogens is 396 g/mol. The Labute approximate surface area is 181 Å². The second-order valence-electron chi connectivity index (χ2n) is 7.43. The minimum atomic E-state index is -0.221. The van der Waals surface area contributed by atoms with E-state index in [2.05, 4.69) is 20.2 Å². The van der Waals surface area contributed by atoms with Gasteiger partial charge in [-0.1, -0.05) is 12.1 Å². The van der Waals surface area contributed by atoms with E-state index in [9.17, 15) is 9.59 Å². The maximum Gasteiger partial charge on any atom is 0.258 e. The van der Waals surface area contributed by atoms with Crippen molar-refractivity contribution in [1.29, 1.82) is 0 Å². The van der Waals surface area contributed by atoms with Gasteiger partial charge in [-0.15, -0.1) is 0 Å². The fourth-order valence-corrected chi connectivity index (χ4v) is 3.30. The number of nitrogens with one attached hydrogen (secondary N) is 2. The predicted molar refractivity (Wildman–Crippen MR) is 119 cm³/mol. The van der Waals surface area contributed by atoms with Crippen molar-refractivity contribution in [3.8, 4) is 11.5 Å². The summed E-state index contributed by atoms with van der Waals surface area (Å²) in [5.41, 5.74) is 2.43. The molecule has 0 radical (unpaired) electrons. The second-order valence-corrected chi connectivity index (χ2v) is 7.43. The second kappa shape index (κ2) is 9.97. The van der Waals surface area contributed by atoms with Crippen molar-refractivity contribution >= 4 is 22.8 Å². The van der Waals surface area contributed by atoms with Crippen LogP contribution in [0.15, 0.2) is 42.5 Å². The smallest absolute Gasteiger partial charge is 0.258 e. The Morgan fingerprint density at radius 2 is 1.90 bits per heavy atom. The van der Waals surface area contributed by atoms with E-state index in [-0.39, 0.29) is 24.5 Å². The van der Waals surface area contributed by atoms with E-state index in [0.29, 0.717) is 30.2 Å². The first kappa shape index (κ1) is 22.1. The number of benzene rings is 2. The van der Waals surface area contributed by atoms with Crippen LogP contribution < -0.4 is 20.1 Å². The van der Waals surface area contributed by atoms with Crippen LogP contribution >= 0.6 is 0 Å². The van der Waals surface area contributed by atoms with Crippen molar-refractivity contribution in [1.82, 2.24) is 20.2 Å². The van der Waals surface area contributed by atoms with Crippen molar-refractivity contribution < 1.29 is 19.1 Å². The van der Waals surface area contributed by atoms with Crippen molar-refractivity contribution in [3.63, 3.8) is 0 Å². The van der Waals surface area contributed by atoms with Gasteiger partial charge in [0.2, 0.25) is 0 Å². The number of aryl methyl sites for hydroxylation is 1. The average molecular weight is 425 g/mol. The molecular formula is C23H28N4O4. The van der Waals surface area contributed by atoms with Gasteiger partial charge in [-0.3, -0.25) is 9.59 Å². The molecule has 1 heterocycles. The highest BCUT2D eigenvalue weighted by molar-refractivity contribution is 5.94. The predicted octanol–water partition coefficient (Wildman–Crippen LogP) is 2.69. The SMILES string of the molecule is COc1cc(C(=O)NCCn2c(C)nc3ccccc32)ccc1OCC(=O)NC(C)C. The fourth-order valence-electron chi connectivity index (χ4n) is 3.30. The number of ether oxygens (including phenoxy) is 2. The zero-order chi connectivity index (χ0) is 22.4. The van der Waals surface area contributed by atoms with Gasteiger partial charge < -0.3 is 24.7 Å². The molecule has 1 aromatic heterocycles. The van der Waals surface area contributed by atoms with Crippen LogP contribution in [0.1, 0.15) is 30.0 Å². The van der Waals surface area contributed by atoms with Gasteiger partial charge in [0.15, 0.2) is 18.1 Å². The molecule has 3 aromatic rings. The molecule has 0 aliphatic carbocycles. The zero-order valence-corrected chi connectivity index (χ0v) is 18.3. The highest BCUT2D eigenvalue weighted by Gasteiger charge is 2.13. The van der Waals surface area contributed by atoms with Gasteiger partial charge in [0.25, 0.3) is 11.8 Å². The van der Waals surface area contributed by atoms with Gasteiger partial charge >= 0.3 is 0 Å². The summed E-state index contributed by atoms with van der Waals surface area (Å²) in [6.45, 7) is 6.65. The number of aromatic nitrogens is 2. The number of hydrogen-bond acceptors (Lipinski definition) is 5. The number of nitrogens with zero attached hydrogens (tertiary/aromatic N) is 2. The van der Waals surface area contributed by atoms with E-state index in [4.69, 9.17) is 9.47 Å². The molecule has 0 unspecified atom stereocenters. The quantitative estimate of drug-likeness (QED) is 0.551. The molecule has 0 saturated heterocycles. The Morgan fingerprint density at radius 1 is 1.13 bits per heavy atom. The standard InChI is InChI=1S/C23H28N4O4/c1-15(2)25-22(28)14-31-20-10-9-17(13-21(20)30-4)23(29)24-11-12-27-16(3)26-18-7-5-6-8-19(18)27/h5-10,13,15H,11-12,14H2,1-4H3,(H,24,29)(H,25,28). The van der Waals surface area contributed by atoms with Gasteiger partial charge in [0.1, 0.15) is 5.82 Å². The molecule has 0 atom stereocenters. The number of amides is 2. The van der Waals surface area contributed by atoms with Crippen LogP contribution in [0.4, 0.5) is 0 Å². The molecule has 8 nitrogen and oxygen atoms in total. The van der Waals surface area contributed by atoms with E-state index in [1.807, 2.05) is 45.0 Å². The van der Waals surface area contributed by atoms with Crippen LogP contribution in [0.25, 0.3) is 11.0 Å². The normalized spacial score (nSPS) is 10.9. The Balaban J connectivity index is 1.59. The van der Waals surface area contributed by atoms with Gasteiger partial charge in [0, 0.05) is 24.7 Å². The van der Waals surface area contributed by atoms with Crippen LogP contribution in [-0.2, 0) is 11.3 Å². The van der Waals surface area contributed by atoms with Crippen LogP contribution in [0, 0.1) is 6.92 Å². The number of methoxy groups -OCH3 is 1. The van der Waals surface area contributed by atoms with E-state index >= 15 is 0 Å². The molecule has 0 aliphatic heterocycles. The summed E-state index contributed by atoms with van der Waals surface area (Å²) in [5, 5.41) is 5.68. The number of carbonyl (C=O) groups is 2. The molecule has 3 rings (SSSR count). The summed E-state index contributed by atoms with van der Waals surface area (Å²) in [4.78, 5) is 28.9. The first-order chi connectivity index (χ1) is 14.9. The maximum absolute atomic E-state index is 12.6. The lowest BCUT2D eigenvalue weighted by molar-refractivity contribution is -0.123. The minimum Gasteiger partial charge on any atom is -0.493 e. The number of imidazole rings is 1. The van der Waals surface area contributed by atoms with Crippen molar-refractivity contribution in [2.75, 3.05) is 20.3 Å². The Morgan fingerprint density at radius 3 is 2.65 bits per heavy atom. The lowest BCUT2D eigenvalue weighted by Crippen LogP contribution is -2.34. The average Bonchev–Trinajstić information content (AvgIpc) is 3.06. The fraction of sp³-hybridized carbons (Fsp3) is 0.348. The molecule has 31 heavy (non-hydrogen) atoms. The van der Waals surface area contributed by atoms with E-state index in [0.717, 1.165) is 16.9 Å². The molecule has 0 spiro atoms. The zero-order valence-electron chi connectivity index (χ0n) is 18.3. The van der Waals surface area contributed by atoms with Crippen LogP contribution in [0.2, 0.25) is 0 Å². The number of para-hydroxylation sites is 2. The third-order valence-electron chi connectivity index (χ3n) is 4.70. The van der Waals surface area contributed by atoms with Crippen LogP contribution in [0.3, 0.4) is 0 Å².